The molecule has 5 heteroatoms. The molecule has 0 radical (unpaired) electrons. The lowest BCUT2D eigenvalue weighted by atomic mass is 10.2. The summed E-state index contributed by atoms with van der Waals surface area (Å²) in [4.78, 5) is 14.5. The lowest BCUT2D eigenvalue weighted by Crippen LogP contribution is -2.53. The highest BCUT2D eigenvalue weighted by Crippen LogP contribution is 2.14. The molecule has 1 fully saturated rings. The van der Waals surface area contributed by atoms with Gasteiger partial charge >= 0.3 is 0 Å². The zero-order chi connectivity index (χ0) is 16.5. The molecular formula is C18H28N2O3. The molecule has 1 amide bonds. The fourth-order valence-corrected chi connectivity index (χ4v) is 2.64. The summed E-state index contributed by atoms with van der Waals surface area (Å²) in [5.41, 5.74) is 1.05. The van der Waals surface area contributed by atoms with Crippen LogP contribution in [0.1, 0.15) is 32.3 Å². The van der Waals surface area contributed by atoms with Gasteiger partial charge < -0.3 is 14.8 Å². The Labute approximate surface area is 139 Å². The zero-order valence-electron chi connectivity index (χ0n) is 14.2. The molecule has 0 bridgehead atoms. The van der Waals surface area contributed by atoms with E-state index in [0.717, 1.165) is 43.9 Å². The summed E-state index contributed by atoms with van der Waals surface area (Å²) in [6.07, 6.45) is 2.17. The van der Waals surface area contributed by atoms with E-state index in [4.69, 9.17) is 9.47 Å². The molecule has 1 aromatic carbocycles. The Bertz CT molecular complexity index is 493. The normalized spacial score (nSPS) is 18.6. The molecule has 0 spiro atoms. The molecular weight excluding hydrogens is 292 g/mol. The van der Waals surface area contributed by atoms with Gasteiger partial charge in [0.05, 0.1) is 19.8 Å². The van der Waals surface area contributed by atoms with E-state index in [-0.39, 0.29) is 11.9 Å². The first-order valence-electron chi connectivity index (χ1n) is 8.55. The third-order valence-corrected chi connectivity index (χ3v) is 4.08. The average molecular weight is 320 g/mol. The molecule has 0 aliphatic carbocycles. The number of hydrogen-bond donors (Lipinski definition) is 1. The zero-order valence-corrected chi connectivity index (χ0v) is 14.2. The molecule has 0 saturated carbocycles. The SMILES string of the molecule is CCCCOc1cccc(CNC(=O)[C@H]2COCCN2CC)c1. The highest BCUT2D eigenvalue weighted by Gasteiger charge is 2.27. The Morgan fingerprint density at radius 3 is 3.09 bits per heavy atom. The first kappa shape index (κ1) is 17.8. The maximum Gasteiger partial charge on any atom is 0.240 e. The number of amides is 1. The number of nitrogens with one attached hydrogen (secondary N) is 1. The molecule has 0 aromatic heterocycles. The van der Waals surface area contributed by atoms with Crippen LogP contribution < -0.4 is 10.1 Å². The number of ether oxygens (including phenoxy) is 2. The Morgan fingerprint density at radius 1 is 1.43 bits per heavy atom. The lowest BCUT2D eigenvalue weighted by Gasteiger charge is -2.33. The van der Waals surface area contributed by atoms with Gasteiger partial charge in [0, 0.05) is 13.1 Å². The van der Waals surface area contributed by atoms with Gasteiger partial charge in [-0.25, -0.2) is 0 Å². The number of carbonyl (C=O) groups is 1. The minimum absolute atomic E-state index is 0.0313. The maximum atomic E-state index is 12.4. The molecule has 128 valence electrons. The van der Waals surface area contributed by atoms with Crippen molar-refractivity contribution in [3.63, 3.8) is 0 Å². The van der Waals surface area contributed by atoms with Gasteiger partial charge in [0.15, 0.2) is 0 Å². The van der Waals surface area contributed by atoms with E-state index in [9.17, 15) is 4.79 Å². The van der Waals surface area contributed by atoms with Crippen molar-refractivity contribution in [1.29, 1.82) is 0 Å². The summed E-state index contributed by atoms with van der Waals surface area (Å²) in [7, 11) is 0. The van der Waals surface area contributed by atoms with Crippen molar-refractivity contribution in [3.05, 3.63) is 29.8 Å². The van der Waals surface area contributed by atoms with Crippen molar-refractivity contribution in [1.82, 2.24) is 10.2 Å². The van der Waals surface area contributed by atoms with Gasteiger partial charge in [0.1, 0.15) is 11.8 Å². The number of benzene rings is 1. The van der Waals surface area contributed by atoms with Crippen LogP contribution in [0.2, 0.25) is 0 Å². The standard InChI is InChI=1S/C18H28N2O3/c1-3-5-10-23-16-8-6-7-15(12-16)13-19-18(21)17-14-22-11-9-20(17)4-2/h6-8,12,17H,3-5,9-11,13-14H2,1-2H3,(H,19,21)/t17-/m1/s1. The molecule has 1 atom stereocenters. The van der Waals surface area contributed by atoms with Gasteiger partial charge in [0.25, 0.3) is 0 Å². The summed E-state index contributed by atoms with van der Waals surface area (Å²) < 4.78 is 11.1. The summed E-state index contributed by atoms with van der Waals surface area (Å²) in [5, 5.41) is 3.01. The van der Waals surface area contributed by atoms with Gasteiger partial charge in [-0.2, -0.15) is 0 Å². The van der Waals surface area contributed by atoms with E-state index in [0.29, 0.717) is 19.8 Å². The molecule has 1 heterocycles. The van der Waals surface area contributed by atoms with Crippen LogP contribution in [0.25, 0.3) is 0 Å². The number of unbranched alkanes of at least 4 members (excludes halogenated alkanes) is 1. The Morgan fingerprint density at radius 2 is 2.30 bits per heavy atom. The van der Waals surface area contributed by atoms with Crippen LogP contribution in [0.5, 0.6) is 5.75 Å². The fourth-order valence-electron chi connectivity index (χ4n) is 2.64. The number of morpholine rings is 1. The second-order valence-corrected chi connectivity index (χ2v) is 5.79. The summed E-state index contributed by atoms with van der Waals surface area (Å²) in [5.74, 6) is 0.894. The molecule has 1 aliphatic heterocycles. The minimum Gasteiger partial charge on any atom is -0.494 e. The van der Waals surface area contributed by atoms with Crippen LogP contribution in [0.3, 0.4) is 0 Å². The van der Waals surface area contributed by atoms with Crippen LogP contribution in [-0.2, 0) is 16.1 Å². The van der Waals surface area contributed by atoms with Gasteiger partial charge in [-0.15, -0.1) is 0 Å². The van der Waals surface area contributed by atoms with Crippen LogP contribution in [-0.4, -0.2) is 49.8 Å². The predicted molar refractivity (Wildman–Crippen MR) is 90.5 cm³/mol. The third kappa shape index (κ3) is 5.52. The fraction of sp³-hybridized carbons (Fsp3) is 0.611. The summed E-state index contributed by atoms with van der Waals surface area (Å²) >= 11 is 0. The summed E-state index contributed by atoms with van der Waals surface area (Å²) in [6, 6.07) is 7.73. The molecule has 5 nitrogen and oxygen atoms in total. The second kappa shape index (κ2) is 9.53. The van der Waals surface area contributed by atoms with E-state index in [2.05, 4.69) is 24.1 Å². The van der Waals surface area contributed by atoms with Gasteiger partial charge in [0.2, 0.25) is 5.91 Å². The van der Waals surface area contributed by atoms with E-state index >= 15 is 0 Å². The van der Waals surface area contributed by atoms with Crippen LogP contribution in [0, 0.1) is 0 Å². The van der Waals surface area contributed by atoms with Crippen molar-refractivity contribution in [3.8, 4) is 5.75 Å². The van der Waals surface area contributed by atoms with E-state index in [1.165, 1.54) is 0 Å². The van der Waals surface area contributed by atoms with Crippen molar-refractivity contribution in [2.24, 2.45) is 0 Å². The monoisotopic (exact) mass is 320 g/mol. The molecule has 1 saturated heterocycles. The predicted octanol–water partition coefficient (Wildman–Crippen LogP) is 2.20. The quantitative estimate of drug-likeness (QED) is 0.746. The highest BCUT2D eigenvalue weighted by atomic mass is 16.5. The van der Waals surface area contributed by atoms with Crippen molar-refractivity contribution in [2.75, 3.05) is 32.9 Å². The van der Waals surface area contributed by atoms with E-state index in [1.54, 1.807) is 0 Å². The van der Waals surface area contributed by atoms with Crippen LogP contribution in [0.4, 0.5) is 0 Å². The van der Waals surface area contributed by atoms with Crippen molar-refractivity contribution in [2.45, 2.75) is 39.3 Å². The van der Waals surface area contributed by atoms with Crippen molar-refractivity contribution >= 4 is 5.91 Å². The Kier molecular flexibility index (Phi) is 7.36. The van der Waals surface area contributed by atoms with E-state index < -0.39 is 0 Å². The highest BCUT2D eigenvalue weighted by molar-refractivity contribution is 5.82. The van der Waals surface area contributed by atoms with Gasteiger partial charge in [-0.1, -0.05) is 32.4 Å². The van der Waals surface area contributed by atoms with Gasteiger partial charge in [-0.3, -0.25) is 9.69 Å². The van der Waals surface area contributed by atoms with E-state index in [1.807, 2.05) is 24.3 Å². The first-order chi connectivity index (χ1) is 11.2. The molecule has 23 heavy (non-hydrogen) atoms. The lowest BCUT2D eigenvalue weighted by molar-refractivity contribution is -0.132. The van der Waals surface area contributed by atoms with Crippen LogP contribution in [0.15, 0.2) is 24.3 Å². The molecule has 1 N–H and O–H groups in total. The number of nitrogens with zero attached hydrogens (tertiary/aromatic N) is 1. The molecule has 0 unspecified atom stereocenters. The largest absolute Gasteiger partial charge is 0.494 e. The van der Waals surface area contributed by atoms with Crippen molar-refractivity contribution < 1.29 is 14.3 Å². The third-order valence-electron chi connectivity index (χ3n) is 4.08. The maximum absolute atomic E-state index is 12.4. The molecule has 2 rings (SSSR count). The van der Waals surface area contributed by atoms with Crippen LogP contribution >= 0.6 is 0 Å². The summed E-state index contributed by atoms with van der Waals surface area (Å²) in [6.45, 7) is 8.31. The first-order valence-corrected chi connectivity index (χ1v) is 8.55. The number of likely N-dealkylation sites (N-methyl/N-ethyl adjacent to an activating group) is 1. The van der Waals surface area contributed by atoms with Gasteiger partial charge in [-0.05, 0) is 30.7 Å². The average Bonchev–Trinajstić information content (AvgIpc) is 2.60. The molecule has 1 aromatic rings. The number of carbonyl (C=O) groups excluding carboxylic acids is 1. The number of hydrogen-bond acceptors (Lipinski definition) is 4. The topological polar surface area (TPSA) is 50.8 Å². The minimum atomic E-state index is -0.183. The second-order valence-electron chi connectivity index (χ2n) is 5.79. The Balaban J connectivity index is 1.84. The number of rotatable bonds is 8. The molecule has 1 aliphatic rings. The smallest absolute Gasteiger partial charge is 0.240 e. The Hall–Kier alpha value is -1.59.